The molecule has 5 nitrogen and oxygen atoms in total. The first-order chi connectivity index (χ1) is 8.65. The van der Waals surface area contributed by atoms with Gasteiger partial charge in [-0.3, -0.25) is 5.10 Å². The minimum atomic E-state index is -0.276. The highest BCUT2D eigenvalue weighted by Crippen LogP contribution is 2.28. The minimum absolute atomic E-state index is 0.158. The summed E-state index contributed by atoms with van der Waals surface area (Å²) < 4.78 is 13.1. The quantitative estimate of drug-likeness (QED) is 0.685. The summed E-state index contributed by atoms with van der Waals surface area (Å²) in [6.45, 7) is 1.82. The maximum Gasteiger partial charge on any atom is 0.222 e. The van der Waals surface area contributed by atoms with Crippen LogP contribution in [0.15, 0.2) is 24.4 Å². The Bertz CT molecular complexity index is 734. The van der Waals surface area contributed by atoms with Crippen molar-refractivity contribution in [2.24, 2.45) is 0 Å². The van der Waals surface area contributed by atoms with E-state index in [2.05, 4.69) is 20.2 Å². The van der Waals surface area contributed by atoms with E-state index in [1.165, 1.54) is 12.1 Å². The lowest BCUT2D eigenvalue weighted by molar-refractivity contribution is 0.627. The second kappa shape index (κ2) is 3.76. The van der Waals surface area contributed by atoms with Crippen molar-refractivity contribution in [3.63, 3.8) is 0 Å². The number of anilines is 1. The summed E-state index contributed by atoms with van der Waals surface area (Å²) in [5, 5.41) is 7.43. The lowest BCUT2D eigenvalue weighted by Gasteiger charge is -2.06. The molecular formula is C12H10FN5. The molecule has 0 atom stereocenters. The Labute approximate surface area is 102 Å². The van der Waals surface area contributed by atoms with E-state index < -0.39 is 0 Å². The Morgan fingerprint density at radius 2 is 2.11 bits per heavy atom. The van der Waals surface area contributed by atoms with Crippen molar-refractivity contribution in [1.82, 2.24) is 20.2 Å². The Kier molecular flexibility index (Phi) is 2.22. The summed E-state index contributed by atoms with van der Waals surface area (Å²) >= 11 is 0. The lowest BCUT2D eigenvalue weighted by atomic mass is 10.0. The van der Waals surface area contributed by atoms with E-state index in [0.29, 0.717) is 11.3 Å². The first-order valence-electron chi connectivity index (χ1n) is 5.38. The third-order valence-corrected chi connectivity index (χ3v) is 2.77. The molecule has 3 rings (SSSR count). The fraction of sp³-hybridized carbons (Fsp3) is 0.0833. The standard InChI is InChI=1S/C12H10FN5/c1-6-4-7(13)2-3-8(6)10-9-5-15-18-11(9)17-12(14)16-10/h2-5H,1H3,(H3,14,15,16,17,18). The molecule has 0 aliphatic carbocycles. The molecule has 0 bridgehead atoms. The molecule has 0 amide bonds. The molecule has 6 heteroatoms. The van der Waals surface area contributed by atoms with Crippen LogP contribution in [0.2, 0.25) is 0 Å². The molecule has 2 heterocycles. The number of nitrogens with two attached hydrogens (primary N) is 1. The zero-order valence-electron chi connectivity index (χ0n) is 9.61. The average molecular weight is 243 g/mol. The number of halogens is 1. The Balaban J connectivity index is 2.33. The molecule has 0 radical (unpaired) electrons. The van der Waals surface area contributed by atoms with Gasteiger partial charge in [0.05, 0.1) is 17.3 Å². The van der Waals surface area contributed by atoms with Crippen molar-refractivity contribution in [3.05, 3.63) is 35.8 Å². The number of hydrogen-bond donors (Lipinski definition) is 2. The van der Waals surface area contributed by atoms with E-state index in [1.54, 1.807) is 12.3 Å². The maximum absolute atomic E-state index is 13.1. The van der Waals surface area contributed by atoms with Crippen molar-refractivity contribution in [3.8, 4) is 11.3 Å². The van der Waals surface area contributed by atoms with Crippen molar-refractivity contribution in [2.45, 2.75) is 6.92 Å². The van der Waals surface area contributed by atoms with Crippen LogP contribution < -0.4 is 5.73 Å². The number of benzene rings is 1. The van der Waals surface area contributed by atoms with Crippen LogP contribution in [0, 0.1) is 12.7 Å². The Morgan fingerprint density at radius 3 is 2.89 bits per heavy atom. The molecule has 3 N–H and O–H groups in total. The summed E-state index contributed by atoms with van der Waals surface area (Å²) in [6, 6.07) is 4.53. The Morgan fingerprint density at radius 1 is 1.28 bits per heavy atom. The highest BCUT2D eigenvalue weighted by atomic mass is 19.1. The van der Waals surface area contributed by atoms with Gasteiger partial charge in [0, 0.05) is 5.56 Å². The van der Waals surface area contributed by atoms with Gasteiger partial charge in [0.2, 0.25) is 5.95 Å². The fourth-order valence-corrected chi connectivity index (χ4v) is 1.95. The van der Waals surface area contributed by atoms with Crippen LogP contribution in [0.4, 0.5) is 10.3 Å². The van der Waals surface area contributed by atoms with Crippen molar-refractivity contribution >= 4 is 17.0 Å². The highest BCUT2D eigenvalue weighted by molar-refractivity contribution is 5.91. The molecule has 0 saturated heterocycles. The number of aromatic nitrogens is 4. The molecule has 18 heavy (non-hydrogen) atoms. The smallest absolute Gasteiger partial charge is 0.222 e. The van der Waals surface area contributed by atoms with E-state index in [-0.39, 0.29) is 11.8 Å². The molecule has 3 aromatic rings. The van der Waals surface area contributed by atoms with Gasteiger partial charge in [-0.25, -0.2) is 9.37 Å². The van der Waals surface area contributed by atoms with Gasteiger partial charge >= 0.3 is 0 Å². The summed E-state index contributed by atoms with van der Waals surface area (Å²) in [7, 11) is 0. The predicted octanol–water partition coefficient (Wildman–Crippen LogP) is 2.05. The highest BCUT2D eigenvalue weighted by Gasteiger charge is 2.12. The number of rotatable bonds is 1. The van der Waals surface area contributed by atoms with E-state index in [0.717, 1.165) is 16.5 Å². The normalized spacial score (nSPS) is 11.0. The van der Waals surface area contributed by atoms with E-state index in [1.807, 2.05) is 6.92 Å². The number of nitrogen functional groups attached to an aromatic ring is 1. The number of nitrogens with zero attached hydrogens (tertiary/aromatic N) is 3. The number of aromatic amines is 1. The zero-order chi connectivity index (χ0) is 12.7. The SMILES string of the molecule is Cc1cc(F)ccc1-c1nc(N)nc2[nH]ncc12. The molecule has 0 aliphatic heterocycles. The van der Waals surface area contributed by atoms with E-state index >= 15 is 0 Å². The summed E-state index contributed by atoms with van der Waals surface area (Å²) in [5.74, 6) is -0.118. The van der Waals surface area contributed by atoms with Gasteiger partial charge < -0.3 is 5.73 Å². The van der Waals surface area contributed by atoms with Crippen LogP contribution in [0.5, 0.6) is 0 Å². The van der Waals surface area contributed by atoms with Crippen molar-refractivity contribution < 1.29 is 4.39 Å². The van der Waals surface area contributed by atoms with Crippen LogP contribution >= 0.6 is 0 Å². The third-order valence-electron chi connectivity index (χ3n) is 2.77. The largest absolute Gasteiger partial charge is 0.368 e. The molecule has 0 spiro atoms. The number of aryl methyl sites for hydroxylation is 1. The second-order valence-corrected chi connectivity index (χ2v) is 4.02. The van der Waals surface area contributed by atoms with Gasteiger partial charge in [0.1, 0.15) is 5.82 Å². The van der Waals surface area contributed by atoms with Gasteiger partial charge in [0.25, 0.3) is 0 Å². The van der Waals surface area contributed by atoms with Crippen molar-refractivity contribution in [1.29, 1.82) is 0 Å². The second-order valence-electron chi connectivity index (χ2n) is 4.02. The minimum Gasteiger partial charge on any atom is -0.368 e. The molecule has 0 unspecified atom stereocenters. The zero-order valence-corrected chi connectivity index (χ0v) is 9.61. The van der Waals surface area contributed by atoms with Gasteiger partial charge in [-0.15, -0.1) is 0 Å². The first-order valence-corrected chi connectivity index (χ1v) is 5.38. The van der Waals surface area contributed by atoms with Gasteiger partial charge in [-0.05, 0) is 30.7 Å². The number of H-pyrrole nitrogens is 1. The van der Waals surface area contributed by atoms with Crippen LogP contribution in [0.1, 0.15) is 5.56 Å². The fourth-order valence-electron chi connectivity index (χ4n) is 1.95. The number of hydrogen-bond acceptors (Lipinski definition) is 4. The maximum atomic E-state index is 13.1. The van der Waals surface area contributed by atoms with Gasteiger partial charge in [-0.1, -0.05) is 0 Å². The molecule has 0 saturated carbocycles. The topological polar surface area (TPSA) is 80.5 Å². The first kappa shape index (κ1) is 10.6. The molecule has 1 aromatic carbocycles. The van der Waals surface area contributed by atoms with Gasteiger partial charge in [-0.2, -0.15) is 10.1 Å². The lowest BCUT2D eigenvalue weighted by Crippen LogP contribution is -1.98. The van der Waals surface area contributed by atoms with Gasteiger partial charge in [0.15, 0.2) is 5.65 Å². The molecular weight excluding hydrogens is 233 g/mol. The van der Waals surface area contributed by atoms with E-state index in [9.17, 15) is 4.39 Å². The monoisotopic (exact) mass is 243 g/mol. The third kappa shape index (κ3) is 1.58. The average Bonchev–Trinajstić information content (AvgIpc) is 2.76. The molecule has 0 fully saturated rings. The summed E-state index contributed by atoms with van der Waals surface area (Å²) in [6.07, 6.45) is 1.63. The molecule has 2 aromatic heterocycles. The number of fused-ring (bicyclic) bond motifs is 1. The molecule has 0 aliphatic rings. The predicted molar refractivity (Wildman–Crippen MR) is 66.2 cm³/mol. The molecule has 90 valence electrons. The summed E-state index contributed by atoms with van der Waals surface area (Å²) in [5.41, 5.74) is 8.49. The summed E-state index contributed by atoms with van der Waals surface area (Å²) in [4.78, 5) is 8.26. The van der Waals surface area contributed by atoms with Crippen LogP contribution in [0.3, 0.4) is 0 Å². The Hall–Kier alpha value is -2.50. The van der Waals surface area contributed by atoms with Crippen LogP contribution in [0.25, 0.3) is 22.3 Å². The van der Waals surface area contributed by atoms with Crippen LogP contribution in [-0.2, 0) is 0 Å². The number of nitrogens with one attached hydrogen (secondary N) is 1. The van der Waals surface area contributed by atoms with E-state index in [4.69, 9.17) is 5.73 Å². The van der Waals surface area contributed by atoms with Crippen LogP contribution in [-0.4, -0.2) is 20.2 Å². The van der Waals surface area contributed by atoms with Crippen molar-refractivity contribution in [2.75, 3.05) is 5.73 Å².